The predicted molar refractivity (Wildman–Crippen MR) is 109 cm³/mol. The van der Waals surface area contributed by atoms with Crippen LogP contribution < -0.4 is 10.6 Å². The fourth-order valence-electron chi connectivity index (χ4n) is 3.15. The minimum Gasteiger partial charge on any atom is -0.347 e. The van der Waals surface area contributed by atoms with Crippen LogP contribution in [-0.4, -0.2) is 52.2 Å². The lowest BCUT2D eigenvalue weighted by atomic mass is 10.1. The van der Waals surface area contributed by atoms with Gasteiger partial charge in [-0.1, -0.05) is 11.6 Å². The molecule has 2 aromatic rings. The van der Waals surface area contributed by atoms with Gasteiger partial charge in [-0.25, -0.2) is 9.97 Å². The molecule has 0 spiro atoms. The summed E-state index contributed by atoms with van der Waals surface area (Å²) in [5.41, 5.74) is 1.59. The Balaban J connectivity index is 1.63. The van der Waals surface area contributed by atoms with Gasteiger partial charge >= 0.3 is 0 Å². The highest BCUT2D eigenvalue weighted by atomic mass is 35.5. The van der Waals surface area contributed by atoms with E-state index in [1.54, 1.807) is 36.1 Å². The average molecular weight is 416 g/mol. The van der Waals surface area contributed by atoms with Crippen LogP contribution in [0.25, 0.3) is 0 Å². The largest absolute Gasteiger partial charge is 0.347 e. The zero-order valence-corrected chi connectivity index (χ0v) is 17.0. The molecule has 8 nitrogen and oxygen atoms in total. The molecule has 0 unspecified atom stereocenters. The number of carbonyl (C=O) groups is 3. The standard InChI is InChI=1S/C20H22ClN5O3/c1-12-17(20(29)25-16-5-3-15(21)4-6-16)9-23-19(24-12)14-7-8-26(11-14)18(28)10-22-13(2)27/h3-6,9,14H,7-8,10-11H2,1-2H3,(H,22,27)(H,25,29)/t14-/m1/s1. The van der Waals surface area contributed by atoms with E-state index in [9.17, 15) is 14.4 Å². The van der Waals surface area contributed by atoms with Gasteiger partial charge in [-0.15, -0.1) is 0 Å². The van der Waals surface area contributed by atoms with Crippen molar-refractivity contribution < 1.29 is 14.4 Å². The van der Waals surface area contributed by atoms with Gasteiger partial charge in [0.15, 0.2) is 0 Å². The number of aryl methyl sites for hydroxylation is 1. The SMILES string of the molecule is CC(=O)NCC(=O)N1CC[C@@H](c2ncc(C(=O)Nc3ccc(Cl)cc3)c(C)n2)C1. The molecule has 9 heteroatoms. The Labute approximate surface area is 173 Å². The molecular formula is C20H22ClN5O3. The second-order valence-corrected chi connectivity index (χ2v) is 7.36. The maximum atomic E-state index is 12.5. The second kappa shape index (κ2) is 9.00. The molecule has 1 aliphatic heterocycles. The van der Waals surface area contributed by atoms with Gasteiger partial charge in [-0.2, -0.15) is 0 Å². The number of rotatable bonds is 5. The number of hydrogen-bond donors (Lipinski definition) is 2. The number of hydrogen-bond acceptors (Lipinski definition) is 5. The number of nitrogens with zero attached hydrogens (tertiary/aromatic N) is 3. The van der Waals surface area contributed by atoms with Gasteiger partial charge in [0.1, 0.15) is 5.82 Å². The van der Waals surface area contributed by atoms with Crippen molar-refractivity contribution in [2.45, 2.75) is 26.2 Å². The first-order valence-corrected chi connectivity index (χ1v) is 9.64. The molecular weight excluding hydrogens is 394 g/mol. The lowest BCUT2D eigenvalue weighted by Gasteiger charge is -2.16. The maximum absolute atomic E-state index is 12.5. The maximum Gasteiger partial charge on any atom is 0.259 e. The molecule has 0 radical (unpaired) electrons. The molecule has 0 bridgehead atoms. The third kappa shape index (κ3) is 5.29. The monoisotopic (exact) mass is 415 g/mol. The van der Waals surface area contributed by atoms with Gasteiger partial charge in [0.05, 0.1) is 17.8 Å². The molecule has 3 amide bonds. The van der Waals surface area contributed by atoms with E-state index in [1.807, 2.05) is 0 Å². The molecule has 1 fully saturated rings. The topological polar surface area (TPSA) is 104 Å². The summed E-state index contributed by atoms with van der Waals surface area (Å²) in [4.78, 5) is 46.2. The molecule has 1 saturated heterocycles. The van der Waals surface area contributed by atoms with Crippen molar-refractivity contribution in [3.63, 3.8) is 0 Å². The van der Waals surface area contributed by atoms with Crippen LogP contribution in [0.4, 0.5) is 5.69 Å². The van der Waals surface area contributed by atoms with E-state index >= 15 is 0 Å². The van der Waals surface area contributed by atoms with Crippen molar-refractivity contribution in [2.24, 2.45) is 0 Å². The number of nitrogens with one attached hydrogen (secondary N) is 2. The fraction of sp³-hybridized carbons (Fsp3) is 0.350. The van der Waals surface area contributed by atoms with E-state index in [1.165, 1.54) is 13.1 Å². The third-order valence-corrected chi connectivity index (χ3v) is 4.99. The predicted octanol–water partition coefficient (Wildman–Crippen LogP) is 2.14. The highest BCUT2D eigenvalue weighted by Crippen LogP contribution is 2.25. The molecule has 1 aliphatic rings. The Morgan fingerprint density at radius 2 is 1.97 bits per heavy atom. The van der Waals surface area contributed by atoms with Crippen LogP contribution in [-0.2, 0) is 9.59 Å². The first-order valence-electron chi connectivity index (χ1n) is 9.26. The Kier molecular flexibility index (Phi) is 6.43. The molecule has 152 valence electrons. The van der Waals surface area contributed by atoms with Crippen LogP contribution in [0, 0.1) is 6.92 Å². The first-order chi connectivity index (χ1) is 13.8. The van der Waals surface area contributed by atoms with E-state index in [0.29, 0.717) is 40.9 Å². The zero-order chi connectivity index (χ0) is 21.0. The summed E-state index contributed by atoms with van der Waals surface area (Å²) in [6, 6.07) is 6.83. The second-order valence-electron chi connectivity index (χ2n) is 6.92. The Hall–Kier alpha value is -3.00. The smallest absolute Gasteiger partial charge is 0.259 e. The molecule has 1 aromatic heterocycles. The Morgan fingerprint density at radius 3 is 2.62 bits per heavy atom. The zero-order valence-electron chi connectivity index (χ0n) is 16.2. The highest BCUT2D eigenvalue weighted by Gasteiger charge is 2.29. The quantitative estimate of drug-likeness (QED) is 0.778. The molecule has 0 aliphatic carbocycles. The lowest BCUT2D eigenvalue weighted by Crippen LogP contribution is -2.38. The number of amides is 3. The van der Waals surface area contributed by atoms with Gasteiger partial charge < -0.3 is 15.5 Å². The molecule has 29 heavy (non-hydrogen) atoms. The number of likely N-dealkylation sites (tertiary alicyclic amines) is 1. The van der Waals surface area contributed by atoms with Gasteiger partial charge in [-0.3, -0.25) is 14.4 Å². The van der Waals surface area contributed by atoms with Crippen LogP contribution in [0.2, 0.25) is 5.02 Å². The normalized spacial score (nSPS) is 15.8. The summed E-state index contributed by atoms with van der Waals surface area (Å²) in [5, 5.41) is 5.90. The number of aromatic nitrogens is 2. The van der Waals surface area contributed by atoms with Crippen molar-refractivity contribution in [1.82, 2.24) is 20.2 Å². The minimum absolute atomic E-state index is 0.00311. The van der Waals surface area contributed by atoms with Crippen LogP contribution in [0.1, 0.15) is 41.1 Å². The van der Waals surface area contributed by atoms with Crippen LogP contribution in [0.15, 0.2) is 30.5 Å². The molecule has 1 atom stereocenters. The van der Waals surface area contributed by atoms with Gasteiger partial charge in [0, 0.05) is 42.8 Å². The van der Waals surface area contributed by atoms with Crippen LogP contribution in [0.3, 0.4) is 0 Å². The van der Waals surface area contributed by atoms with Crippen molar-refractivity contribution in [3.05, 3.63) is 52.6 Å². The first kappa shape index (κ1) is 20.7. The molecule has 0 saturated carbocycles. The van der Waals surface area contributed by atoms with Gasteiger partial charge in [0.2, 0.25) is 11.8 Å². The molecule has 2 N–H and O–H groups in total. The van der Waals surface area contributed by atoms with E-state index in [-0.39, 0.29) is 30.2 Å². The summed E-state index contributed by atoms with van der Waals surface area (Å²) in [5.74, 6) is -0.0439. The van der Waals surface area contributed by atoms with Crippen molar-refractivity contribution in [3.8, 4) is 0 Å². The van der Waals surface area contributed by atoms with Crippen LogP contribution in [0.5, 0.6) is 0 Å². The van der Waals surface area contributed by atoms with E-state index in [4.69, 9.17) is 11.6 Å². The third-order valence-electron chi connectivity index (χ3n) is 4.74. The van der Waals surface area contributed by atoms with Crippen molar-refractivity contribution in [2.75, 3.05) is 25.0 Å². The summed E-state index contributed by atoms with van der Waals surface area (Å²) < 4.78 is 0. The minimum atomic E-state index is -0.296. The van der Waals surface area contributed by atoms with E-state index < -0.39 is 0 Å². The fourth-order valence-corrected chi connectivity index (χ4v) is 3.27. The van der Waals surface area contributed by atoms with E-state index in [2.05, 4.69) is 20.6 Å². The summed E-state index contributed by atoms with van der Waals surface area (Å²) >= 11 is 5.86. The summed E-state index contributed by atoms with van der Waals surface area (Å²) in [6.07, 6.45) is 2.26. The highest BCUT2D eigenvalue weighted by molar-refractivity contribution is 6.30. The molecule has 2 heterocycles. The van der Waals surface area contributed by atoms with Crippen LogP contribution >= 0.6 is 11.6 Å². The van der Waals surface area contributed by atoms with Gasteiger partial charge in [0.25, 0.3) is 5.91 Å². The Bertz CT molecular complexity index is 932. The number of anilines is 1. The van der Waals surface area contributed by atoms with Crippen molar-refractivity contribution >= 4 is 35.0 Å². The van der Waals surface area contributed by atoms with E-state index in [0.717, 1.165) is 6.42 Å². The number of halogens is 1. The average Bonchev–Trinajstić information content (AvgIpc) is 3.18. The summed E-state index contributed by atoms with van der Waals surface area (Å²) in [7, 11) is 0. The number of carbonyl (C=O) groups excluding carboxylic acids is 3. The Morgan fingerprint density at radius 1 is 1.24 bits per heavy atom. The lowest BCUT2D eigenvalue weighted by molar-refractivity contribution is -0.131. The summed E-state index contributed by atoms with van der Waals surface area (Å²) in [6.45, 7) is 4.21. The van der Waals surface area contributed by atoms with Crippen molar-refractivity contribution in [1.29, 1.82) is 0 Å². The van der Waals surface area contributed by atoms with Gasteiger partial charge in [-0.05, 0) is 37.6 Å². The molecule has 1 aromatic carbocycles. The molecule has 3 rings (SSSR count). The number of benzene rings is 1.